The van der Waals surface area contributed by atoms with E-state index in [9.17, 15) is 14.0 Å². The molecule has 0 aliphatic heterocycles. The highest BCUT2D eigenvalue weighted by atomic mass is 19.1. The van der Waals surface area contributed by atoms with Crippen LogP contribution in [0.1, 0.15) is 17.3 Å². The molecule has 0 aliphatic carbocycles. The number of rotatable bonds is 2. The minimum absolute atomic E-state index is 0.514. The van der Waals surface area contributed by atoms with E-state index in [1.807, 2.05) is 0 Å². The Hall–Kier alpha value is -1.71. The van der Waals surface area contributed by atoms with Crippen LogP contribution in [0.3, 0.4) is 0 Å². The average Bonchev–Trinajstić information content (AvgIpc) is 2.03. The molecule has 1 rings (SSSR count). The Bertz CT molecular complexity index is 351. The van der Waals surface area contributed by atoms with Crippen molar-refractivity contribution in [2.45, 2.75) is 6.92 Å². The molecular formula is C9H7FO3. The summed E-state index contributed by atoms with van der Waals surface area (Å²) in [5, 5.41) is 9.10. The number of hydrogen-bond donors (Lipinski definition) is 1. The summed E-state index contributed by atoms with van der Waals surface area (Å²) in [4.78, 5) is 21.7. The van der Waals surface area contributed by atoms with Crippen LogP contribution < -0.4 is 0 Å². The zero-order valence-electron chi connectivity index (χ0n) is 6.87. The maximum Gasteiger partial charge on any atom is 0.234 e. The molecule has 1 aromatic carbocycles. The zero-order valence-corrected chi connectivity index (χ0v) is 6.87. The highest BCUT2D eigenvalue weighted by Crippen LogP contribution is 2.20. The van der Waals surface area contributed by atoms with Crippen molar-refractivity contribution < 1.29 is 19.1 Å². The molecular weight excluding hydrogens is 175 g/mol. The van der Waals surface area contributed by atoms with Crippen molar-refractivity contribution in [1.82, 2.24) is 0 Å². The van der Waals surface area contributed by atoms with Crippen molar-refractivity contribution in [2.75, 3.05) is 0 Å². The van der Waals surface area contributed by atoms with Crippen molar-refractivity contribution in [2.24, 2.45) is 0 Å². The van der Waals surface area contributed by atoms with Gasteiger partial charge in [-0.05, 0) is 12.1 Å². The van der Waals surface area contributed by atoms with E-state index >= 15 is 0 Å². The van der Waals surface area contributed by atoms with E-state index in [1.54, 1.807) is 0 Å². The third-order valence-corrected chi connectivity index (χ3v) is 1.54. The molecule has 1 aromatic rings. The zero-order chi connectivity index (χ0) is 10.0. The first-order valence-corrected chi connectivity index (χ1v) is 3.56. The highest BCUT2D eigenvalue weighted by molar-refractivity contribution is 6.43. The summed E-state index contributed by atoms with van der Waals surface area (Å²) in [5.74, 6) is -3.23. The second-order valence-corrected chi connectivity index (χ2v) is 2.52. The van der Waals surface area contributed by atoms with Gasteiger partial charge in [0, 0.05) is 6.92 Å². The van der Waals surface area contributed by atoms with Crippen LogP contribution in [0.25, 0.3) is 0 Å². The first-order chi connectivity index (χ1) is 6.04. The van der Waals surface area contributed by atoms with Crippen molar-refractivity contribution in [3.63, 3.8) is 0 Å². The number of halogens is 1. The van der Waals surface area contributed by atoms with E-state index in [1.165, 1.54) is 6.07 Å². The van der Waals surface area contributed by atoms with E-state index in [0.29, 0.717) is 0 Å². The van der Waals surface area contributed by atoms with Gasteiger partial charge in [-0.25, -0.2) is 4.39 Å². The van der Waals surface area contributed by atoms with Gasteiger partial charge in [-0.1, -0.05) is 6.07 Å². The van der Waals surface area contributed by atoms with E-state index in [4.69, 9.17) is 5.11 Å². The maximum atomic E-state index is 12.9. The fraction of sp³-hybridized carbons (Fsp3) is 0.111. The predicted octanol–water partition coefficient (Wildman–Crippen LogP) is 1.30. The smallest absolute Gasteiger partial charge is 0.234 e. The number of ketones is 2. The third kappa shape index (κ3) is 1.72. The summed E-state index contributed by atoms with van der Waals surface area (Å²) in [7, 11) is 0. The number of Topliss-reactive ketones (excluding diaryl/α,β-unsaturated/α-hetero) is 2. The van der Waals surface area contributed by atoms with Crippen molar-refractivity contribution in [3.05, 3.63) is 29.6 Å². The molecule has 0 aliphatic rings. The summed E-state index contributed by atoms with van der Waals surface area (Å²) in [6.45, 7) is 1.02. The van der Waals surface area contributed by atoms with Gasteiger partial charge in [0.1, 0.15) is 17.1 Å². The molecule has 0 saturated heterocycles. The third-order valence-electron chi connectivity index (χ3n) is 1.54. The van der Waals surface area contributed by atoms with E-state index in [0.717, 1.165) is 19.1 Å². The molecule has 0 fully saturated rings. The van der Waals surface area contributed by atoms with Gasteiger partial charge in [-0.3, -0.25) is 9.59 Å². The van der Waals surface area contributed by atoms with Crippen molar-refractivity contribution >= 4 is 11.6 Å². The van der Waals surface area contributed by atoms with Gasteiger partial charge in [0.25, 0.3) is 0 Å². The molecule has 0 bridgehead atoms. The van der Waals surface area contributed by atoms with Gasteiger partial charge < -0.3 is 5.11 Å². The number of carbonyl (C=O) groups excluding carboxylic acids is 2. The van der Waals surface area contributed by atoms with Gasteiger partial charge >= 0.3 is 0 Å². The Morgan fingerprint density at radius 3 is 2.46 bits per heavy atom. The van der Waals surface area contributed by atoms with Crippen LogP contribution in [0.5, 0.6) is 5.75 Å². The van der Waals surface area contributed by atoms with Gasteiger partial charge in [0.15, 0.2) is 0 Å². The highest BCUT2D eigenvalue weighted by Gasteiger charge is 2.19. The molecule has 0 amide bonds. The Kier molecular flexibility index (Phi) is 2.41. The van der Waals surface area contributed by atoms with Gasteiger partial charge in [-0.2, -0.15) is 0 Å². The molecule has 3 nitrogen and oxygen atoms in total. The quantitative estimate of drug-likeness (QED) is 0.554. The molecule has 4 heteroatoms. The van der Waals surface area contributed by atoms with Crippen LogP contribution in [-0.4, -0.2) is 16.7 Å². The molecule has 68 valence electrons. The van der Waals surface area contributed by atoms with Crippen LogP contribution in [-0.2, 0) is 4.79 Å². The lowest BCUT2D eigenvalue weighted by Gasteiger charge is -2.01. The van der Waals surface area contributed by atoms with Crippen LogP contribution in [0, 0.1) is 5.82 Å². The predicted molar refractivity (Wildman–Crippen MR) is 43.1 cm³/mol. The van der Waals surface area contributed by atoms with E-state index in [2.05, 4.69) is 0 Å². The number of benzene rings is 1. The fourth-order valence-corrected chi connectivity index (χ4v) is 0.914. The Balaban J connectivity index is 3.28. The molecule has 0 spiro atoms. The van der Waals surface area contributed by atoms with Gasteiger partial charge in [0.05, 0.1) is 0 Å². The number of aromatic hydroxyl groups is 1. The molecule has 0 unspecified atom stereocenters. The lowest BCUT2D eigenvalue weighted by Crippen LogP contribution is -2.11. The molecule has 0 radical (unpaired) electrons. The maximum absolute atomic E-state index is 12.9. The fourth-order valence-electron chi connectivity index (χ4n) is 0.914. The summed E-state index contributed by atoms with van der Waals surface area (Å²) < 4.78 is 12.9. The van der Waals surface area contributed by atoms with Gasteiger partial charge in [-0.15, -0.1) is 0 Å². The summed E-state index contributed by atoms with van der Waals surface area (Å²) in [6.07, 6.45) is 0. The molecule has 0 atom stereocenters. The lowest BCUT2D eigenvalue weighted by molar-refractivity contribution is -0.113. The number of hydrogen-bond acceptors (Lipinski definition) is 3. The topological polar surface area (TPSA) is 54.4 Å². The van der Waals surface area contributed by atoms with Gasteiger partial charge in [0.2, 0.25) is 11.6 Å². The van der Waals surface area contributed by atoms with E-state index in [-0.39, 0.29) is 0 Å². The summed E-state index contributed by atoms with van der Waals surface area (Å²) in [5.41, 5.74) is -0.560. The Morgan fingerprint density at radius 2 is 2.00 bits per heavy atom. The standard InChI is InChI=1S/C9H7FO3/c1-5(11)9(13)8-6(10)3-2-4-7(8)12/h2-4,12H,1H3. The molecule has 13 heavy (non-hydrogen) atoms. The molecule has 0 heterocycles. The molecule has 1 N–H and O–H groups in total. The molecule has 0 aromatic heterocycles. The normalized spacial score (nSPS) is 9.69. The summed E-state index contributed by atoms with van der Waals surface area (Å²) in [6, 6.07) is 3.41. The second kappa shape index (κ2) is 3.35. The minimum atomic E-state index is -1.02. The van der Waals surface area contributed by atoms with Crippen LogP contribution in [0.4, 0.5) is 4.39 Å². The van der Waals surface area contributed by atoms with E-state index < -0.39 is 28.7 Å². The second-order valence-electron chi connectivity index (χ2n) is 2.52. The number of carbonyl (C=O) groups is 2. The van der Waals surface area contributed by atoms with Crippen molar-refractivity contribution in [3.8, 4) is 5.75 Å². The monoisotopic (exact) mass is 182 g/mol. The molecule has 0 saturated carbocycles. The first-order valence-electron chi connectivity index (χ1n) is 3.56. The number of phenols is 1. The Labute approximate surface area is 73.8 Å². The minimum Gasteiger partial charge on any atom is -0.507 e. The van der Waals surface area contributed by atoms with Crippen molar-refractivity contribution in [1.29, 1.82) is 0 Å². The average molecular weight is 182 g/mol. The van der Waals surface area contributed by atoms with Crippen LogP contribution in [0.2, 0.25) is 0 Å². The lowest BCUT2D eigenvalue weighted by atomic mass is 10.1. The number of phenolic OH excluding ortho intramolecular Hbond substituents is 1. The Morgan fingerprint density at radius 1 is 1.38 bits per heavy atom. The van der Waals surface area contributed by atoms with Crippen LogP contribution in [0.15, 0.2) is 18.2 Å². The largest absolute Gasteiger partial charge is 0.507 e. The first kappa shape index (κ1) is 9.38. The summed E-state index contributed by atoms with van der Waals surface area (Å²) >= 11 is 0. The van der Waals surface area contributed by atoms with Crippen LogP contribution >= 0.6 is 0 Å². The SMILES string of the molecule is CC(=O)C(=O)c1c(O)cccc1F.